The van der Waals surface area contributed by atoms with Gasteiger partial charge in [-0.15, -0.1) is 0 Å². The van der Waals surface area contributed by atoms with Crippen LogP contribution in [-0.2, 0) is 25.7 Å². The molecule has 0 spiro atoms. The van der Waals surface area contributed by atoms with Crippen LogP contribution < -0.4 is 33.8 Å². The van der Waals surface area contributed by atoms with E-state index in [0.717, 1.165) is 16.9 Å². The van der Waals surface area contributed by atoms with Crippen LogP contribution in [0.25, 0.3) is 6.08 Å². The van der Waals surface area contributed by atoms with E-state index in [1.54, 1.807) is 63.2 Å². The molecule has 14 nitrogen and oxygen atoms in total. The molecule has 0 N–H and O–H groups in total. The monoisotopic (exact) mass is 843 g/mol. The standard InChI is InChI=1S/C36H34IN3O11S/c1-6-48-27-17-23(10-13-26(27)50-19-30(41)47-5)32-31(35(43)49-7-2)20(3)38-36-39(32)34(42)29(52-36)16-22-14-25(37)33(28(15-22)46-4)51-18-21-8-11-24(12-9-21)40(44)45/h8-17,32H,6-7,18-19H2,1-5H3/b29-16-/t32-/m0/s1. The van der Waals surface area contributed by atoms with E-state index < -0.39 is 22.9 Å². The maximum absolute atomic E-state index is 14.3. The SMILES string of the molecule is CCOC(=O)C1=C(C)N=c2s/c(=C\c3cc(I)c(OCc4ccc([N+](=O)[O-])cc4)c(OC)c3)c(=O)n2[C@H]1c1ccc(OCC(=O)OC)c(OCC)c1. The first-order chi connectivity index (χ1) is 25.0. The fourth-order valence-corrected chi connectivity index (χ4v) is 7.20. The molecule has 1 aliphatic heterocycles. The molecule has 2 heterocycles. The molecular weight excluding hydrogens is 809 g/mol. The molecule has 1 aliphatic rings. The van der Waals surface area contributed by atoms with Crippen LogP contribution in [-0.4, -0.2) is 55.5 Å². The fraction of sp³-hybridized carbons (Fsp3) is 0.278. The van der Waals surface area contributed by atoms with Crippen molar-refractivity contribution >= 4 is 57.6 Å². The Morgan fingerprint density at radius 2 is 1.75 bits per heavy atom. The molecule has 16 heteroatoms. The zero-order valence-corrected chi connectivity index (χ0v) is 31.8. The maximum Gasteiger partial charge on any atom is 0.343 e. The van der Waals surface area contributed by atoms with Gasteiger partial charge in [-0.2, -0.15) is 0 Å². The van der Waals surface area contributed by atoms with Crippen LogP contribution >= 0.6 is 33.9 Å². The largest absolute Gasteiger partial charge is 0.493 e. The zero-order valence-electron chi connectivity index (χ0n) is 28.8. The Morgan fingerprint density at radius 3 is 2.40 bits per heavy atom. The van der Waals surface area contributed by atoms with E-state index in [1.165, 1.54) is 30.9 Å². The number of benzene rings is 3. The second-order valence-corrected chi connectivity index (χ2v) is 13.2. The van der Waals surface area contributed by atoms with Crippen molar-refractivity contribution in [2.24, 2.45) is 4.99 Å². The van der Waals surface area contributed by atoms with Crippen molar-refractivity contribution in [3.05, 3.63) is 116 Å². The molecule has 0 aliphatic carbocycles. The van der Waals surface area contributed by atoms with Gasteiger partial charge in [-0.3, -0.25) is 19.5 Å². The number of allylic oxidation sites excluding steroid dienone is 1. The minimum absolute atomic E-state index is 0.0145. The van der Waals surface area contributed by atoms with Crippen molar-refractivity contribution < 1.29 is 42.9 Å². The summed E-state index contributed by atoms with van der Waals surface area (Å²) in [5.74, 6) is 0.295. The van der Waals surface area contributed by atoms with Crippen molar-refractivity contribution in [3.8, 4) is 23.0 Å². The molecule has 0 bridgehead atoms. The zero-order chi connectivity index (χ0) is 37.5. The molecule has 5 rings (SSSR count). The normalized spacial score (nSPS) is 13.9. The smallest absolute Gasteiger partial charge is 0.343 e. The number of thiazole rings is 1. The summed E-state index contributed by atoms with van der Waals surface area (Å²) in [6, 6.07) is 13.7. The molecule has 52 heavy (non-hydrogen) atoms. The van der Waals surface area contributed by atoms with Crippen LogP contribution in [0.5, 0.6) is 23.0 Å². The topological polar surface area (TPSA) is 167 Å². The molecular formula is C36H34IN3O11S. The van der Waals surface area contributed by atoms with E-state index >= 15 is 0 Å². The lowest BCUT2D eigenvalue weighted by molar-refractivity contribution is -0.384. The van der Waals surface area contributed by atoms with Crippen LogP contribution in [0.4, 0.5) is 5.69 Å². The summed E-state index contributed by atoms with van der Waals surface area (Å²) in [5, 5.41) is 11.0. The number of hydrogen-bond acceptors (Lipinski definition) is 13. The lowest BCUT2D eigenvalue weighted by Gasteiger charge is -2.25. The summed E-state index contributed by atoms with van der Waals surface area (Å²) in [6.45, 7) is 5.39. The summed E-state index contributed by atoms with van der Waals surface area (Å²) < 4.78 is 35.8. The minimum Gasteiger partial charge on any atom is -0.493 e. The number of hydrogen-bond donors (Lipinski definition) is 0. The van der Waals surface area contributed by atoms with Crippen LogP contribution in [0.1, 0.15) is 43.5 Å². The van der Waals surface area contributed by atoms with Gasteiger partial charge in [0, 0.05) is 12.1 Å². The fourth-order valence-electron chi connectivity index (χ4n) is 5.37. The van der Waals surface area contributed by atoms with Gasteiger partial charge in [0.05, 0.1) is 57.8 Å². The first-order valence-corrected chi connectivity index (χ1v) is 17.8. The summed E-state index contributed by atoms with van der Waals surface area (Å²) >= 11 is 3.28. The predicted molar refractivity (Wildman–Crippen MR) is 199 cm³/mol. The average Bonchev–Trinajstić information content (AvgIpc) is 3.43. The van der Waals surface area contributed by atoms with E-state index in [-0.39, 0.29) is 49.0 Å². The number of fused-ring (bicyclic) bond motifs is 1. The van der Waals surface area contributed by atoms with Crippen LogP contribution in [0.3, 0.4) is 0 Å². The summed E-state index contributed by atoms with van der Waals surface area (Å²) in [5.41, 5.74) is 2.10. The second kappa shape index (κ2) is 16.9. The van der Waals surface area contributed by atoms with Gasteiger partial charge in [0.2, 0.25) is 0 Å². The Bertz CT molecular complexity index is 2230. The molecule has 1 atom stereocenters. The van der Waals surface area contributed by atoms with Gasteiger partial charge in [-0.05, 0) is 103 Å². The van der Waals surface area contributed by atoms with Crippen LogP contribution in [0, 0.1) is 13.7 Å². The van der Waals surface area contributed by atoms with Crippen molar-refractivity contribution in [1.82, 2.24) is 4.57 Å². The lowest BCUT2D eigenvalue weighted by Crippen LogP contribution is -2.40. The van der Waals surface area contributed by atoms with Gasteiger partial charge in [-0.25, -0.2) is 14.6 Å². The Balaban J connectivity index is 1.56. The molecule has 0 unspecified atom stereocenters. The molecule has 272 valence electrons. The van der Waals surface area contributed by atoms with E-state index in [4.69, 9.17) is 23.7 Å². The number of rotatable bonds is 14. The number of nitro benzene ring substituents is 1. The third-order valence-corrected chi connectivity index (χ3v) is 9.54. The number of nitro groups is 1. The van der Waals surface area contributed by atoms with Crippen molar-refractivity contribution in [2.75, 3.05) is 34.0 Å². The number of ether oxygens (including phenoxy) is 6. The molecule has 0 fully saturated rings. The van der Waals surface area contributed by atoms with E-state index in [0.29, 0.717) is 47.0 Å². The summed E-state index contributed by atoms with van der Waals surface area (Å²) in [4.78, 5) is 55.0. The second-order valence-electron chi connectivity index (χ2n) is 11.1. The maximum atomic E-state index is 14.3. The van der Waals surface area contributed by atoms with E-state index in [9.17, 15) is 24.5 Å². The number of carbonyl (C=O) groups is 2. The molecule has 4 aromatic rings. The van der Waals surface area contributed by atoms with Gasteiger partial charge in [0.15, 0.2) is 34.4 Å². The number of esters is 2. The lowest BCUT2D eigenvalue weighted by atomic mass is 9.95. The van der Waals surface area contributed by atoms with Crippen molar-refractivity contribution in [1.29, 1.82) is 0 Å². The molecule has 3 aromatic carbocycles. The third kappa shape index (κ3) is 8.28. The number of nitrogens with zero attached hydrogens (tertiary/aromatic N) is 3. The highest BCUT2D eigenvalue weighted by Gasteiger charge is 2.34. The molecule has 0 amide bonds. The van der Waals surface area contributed by atoms with Gasteiger partial charge < -0.3 is 28.4 Å². The van der Waals surface area contributed by atoms with Gasteiger partial charge >= 0.3 is 11.9 Å². The number of carbonyl (C=O) groups excluding carboxylic acids is 2. The molecule has 1 aromatic heterocycles. The number of halogens is 1. The molecule has 0 saturated carbocycles. The average molecular weight is 844 g/mol. The van der Waals surface area contributed by atoms with E-state index in [2.05, 4.69) is 32.3 Å². The minimum atomic E-state index is -0.920. The van der Waals surface area contributed by atoms with Gasteiger partial charge in [0.25, 0.3) is 11.2 Å². The van der Waals surface area contributed by atoms with Crippen molar-refractivity contribution in [3.63, 3.8) is 0 Å². The van der Waals surface area contributed by atoms with Crippen LogP contribution in [0.2, 0.25) is 0 Å². The highest BCUT2D eigenvalue weighted by molar-refractivity contribution is 14.1. The highest BCUT2D eigenvalue weighted by atomic mass is 127. The van der Waals surface area contributed by atoms with Gasteiger partial charge in [-0.1, -0.05) is 17.4 Å². The number of methoxy groups -OCH3 is 2. The first kappa shape index (κ1) is 38.0. The summed E-state index contributed by atoms with van der Waals surface area (Å²) in [6.07, 6.45) is 1.71. The Labute approximate surface area is 315 Å². The summed E-state index contributed by atoms with van der Waals surface area (Å²) in [7, 11) is 2.76. The first-order valence-electron chi connectivity index (χ1n) is 15.9. The third-order valence-electron chi connectivity index (χ3n) is 7.75. The van der Waals surface area contributed by atoms with Crippen LogP contribution in [0.15, 0.2) is 75.7 Å². The Morgan fingerprint density at radius 1 is 1.00 bits per heavy atom. The number of aromatic nitrogens is 1. The Kier molecular flexibility index (Phi) is 12.3. The quantitative estimate of drug-likeness (QED) is 0.0737. The molecule has 0 radical (unpaired) electrons. The number of non-ortho nitro benzene ring substituents is 1. The highest BCUT2D eigenvalue weighted by Crippen LogP contribution is 2.37. The predicted octanol–water partition coefficient (Wildman–Crippen LogP) is 4.85. The van der Waals surface area contributed by atoms with E-state index in [1.807, 2.05) is 6.07 Å². The van der Waals surface area contributed by atoms with Gasteiger partial charge in [0.1, 0.15) is 6.61 Å². The van der Waals surface area contributed by atoms with Crippen molar-refractivity contribution in [2.45, 2.75) is 33.4 Å². The Hall–Kier alpha value is -5.23. The molecule has 0 saturated heterocycles.